The topological polar surface area (TPSA) is 33.1 Å². The van der Waals surface area contributed by atoms with Crippen molar-refractivity contribution in [3.63, 3.8) is 0 Å². The van der Waals surface area contributed by atoms with E-state index in [9.17, 15) is 4.39 Å². The van der Waals surface area contributed by atoms with Crippen LogP contribution in [0, 0.1) is 11.2 Å². The van der Waals surface area contributed by atoms with Gasteiger partial charge in [-0.25, -0.2) is 4.39 Å². The predicted molar refractivity (Wildman–Crippen MR) is 58.8 cm³/mol. The summed E-state index contributed by atoms with van der Waals surface area (Å²) in [6, 6.07) is 6.17. The lowest BCUT2D eigenvalue weighted by Gasteiger charge is -2.25. The SMILES string of the molecule is CCOC(=N)C(C)(C)c1ccc(F)cc1. The Bertz CT molecular complexity index is 343. The van der Waals surface area contributed by atoms with Crippen LogP contribution >= 0.6 is 0 Å². The van der Waals surface area contributed by atoms with Crippen molar-refractivity contribution in [3.8, 4) is 0 Å². The molecule has 0 atom stereocenters. The zero-order valence-electron chi connectivity index (χ0n) is 9.30. The zero-order chi connectivity index (χ0) is 11.5. The maximum Gasteiger partial charge on any atom is 0.190 e. The van der Waals surface area contributed by atoms with Gasteiger partial charge < -0.3 is 4.74 Å². The van der Waals surface area contributed by atoms with Crippen LogP contribution in [-0.2, 0) is 10.2 Å². The molecule has 0 heterocycles. The summed E-state index contributed by atoms with van der Waals surface area (Å²) in [7, 11) is 0. The predicted octanol–water partition coefficient (Wildman–Crippen LogP) is 3.12. The van der Waals surface area contributed by atoms with E-state index in [1.54, 1.807) is 12.1 Å². The van der Waals surface area contributed by atoms with Crippen molar-refractivity contribution in [1.82, 2.24) is 0 Å². The Labute approximate surface area is 89.6 Å². The summed E-state index contributed by atoms with van der Waals surface area (Å²) in [6.45, 7) is 6.09. The van der Waals surface area contributed by atoms with Gasteiger partial charge in [-0.2, -0.15) is 0 Å². The Morgan fingerprint density at radius 3 is 2.33 bits per heavy atom. The normalized spacial score (nSPS) is 11.2. The van der Waals surface area contributed by atoms with Gasteiger partial charge in [-0.05, 0) is 38.5 Å². The number of nitrogens with one attached hydrogen (secondary N) is 1. The monoisotopic (exact) mass is 209 g/mol. The fourth-order valence-electron chi connectivity index (χ4n) is 1.32. The average molecular weight is 209 g/mol. The molecule has 1 aromatic rings. The van der Waals surface area contributed by atoms with E-state index in [2.05, 4.69) is 0 Å². The Balaban J connectivity index is 2.94. The third kappa shape index (κ3) is 2.55. The molecule has 3 heteroatoms. The van der Waals surface area contributed by atoms with Crippen LogP contribution in [0.1, 0.15) is 26.3 Å². The molecule has 1 rings (SSSR count). The first-order chi connectivity index (χ1) is 6.98. The van der Waals surface area contributed by atoms with Crippen molar-refractivity contribution in [2.45, 2.75) is 26.2 Å². The number of ether oxygens (including phenoxy) is 1. The third-order valence-electron chi connectivity index (χ3n) is 2.42. The molecule has 15 heavy (non-hydrogen) atoms. The van der Waals surface area contributed by atoms with Gasteiger partial charge in [-0.1, -0.05) is 12.1 Å². The Morgan fingerprint density at radius 2 is 1.87 bits per heavy atom. The van der Waals surface area contributed by atoms with Crippen molar-refractivity contribution in [3.05, 3.63) is 35.6 Å². The fraction of sp³-hybridized carbons (Fsp3) is 0.417. The molecular weight excluding hydrogens is 193 g/mol. The van der Waals surface area contributed by atoms with E-state index in [0.717, 1.165) is 5.56 Å². The molecule has 0 aliphatic rings. The second kappa shape index (κ2) is 4.43. The lowest BCUT2D eigenvalue weighted by molar-refractivity contribution is 0.293. The highest BCUT2D eigenvalue weighted by Crippen LogP contribution is 2.25. The highest BCUT2D eigenvalue weighted by atomic mass is 19.1. The molecule has 0 amide bonds. The van der Waals surface area contributed by atoms with E-state index in [1.165, 1.54) is 12.1 Å². The van der Waals surface area contributed by atoms with Crippen LogP contribution < -0.4 is 0 Å². The van der Waals surface area contributed by atoms with Gasteiger partial charge in [0.25, 0.3) is 0 Å². The molecule has 0 fully saturated rings. The van der Waals surface area contributed by atoms with Crippen molar-refractivity contribution >= 4 is 5.90 Å². The first-order valence-electron chi connectivity index (χ1n) is 4.96. The Hall–Kier alpha value is -1.38. The molecule has 0 saturated carbocycles. The van der Waals surface area contributed by atoms with Crippen LogP contribution in [0.3, 0.4) is 0 Å². The highest BCUT2D eigenvalue weighted by Gasteiger charge is 2.27. The van der Waals surface area contributed by atoms with Crippen LogP contribution in [0.2, 0.25) is 0 Å². The van der Waals surface area contributed by atoms with E-state index in [4.69, 9.17) is 10.1 Å². The van der Waals surface area contributed by atoms with Crippen LogP contribution in [0.25, 0.3) is 0 Å². The molecule has 0 radical (unpaired) electrons. The number of hydrogen-bond acceptors (Lipinski definition) is 2. The molecule has 0 aromatic heterocycles. The lowest BCUT2D eigenvalue weighted by Crippen LogP contribution is -2.30. The summed E-state index contributed by atoms with van der Waals surface area (Å²) in [4.78, 5) is 0. The minimum absolute atomic E-state index is 0.205. The van der Waals surface area contributed by atoms with E-state index >= 15 is 0 Å². The Kier molecular flexibility index (Phi) is 3.45. The van der Waals surface area contributed by atoms with Gasteiger partial charge in [0.2, 0.25) is 0 Å². The second-order valence-electron chi connectivity index (χ2n) is 3.89. The molecule has 1 aromatic carbocycles. The lowest BCUT2D eigenvalue weighted by atomic mass is 9.84. The largest absolute Gasteiger partial charge is 0.481 e. The fourth-order valence-corrected chi connectivity index (χ4v) is 1.32. The van der Waals surface area contributed by atoms with E-state index in [1.807, 2.05) is 20.8 Å². The smallest absolute Gasteiger partial charge is 0.190 e. The van der Waals surface area contributed by atoms with Crippen LogP contribution in [0.4, 0.5) is 4.39 Å². The molecule has 2 nitrogen and oxygen atoms in total. The summed E-state index contributed by atoms with van der Waals surface area (Å²) in [5, 5.41) is 7.77. The number of rotatable bonds is 3. The quantitative estimate of drug-likeness (QED) is 0.602. The van der Waals surface area contributed by atoms with Gasteiger partial charge in [-0.15, -0.1) is 0 Å². The van der Waals surface area contributed by atoms with Crippen LogP contribution in [0.5, 0.6) is 0 Å². The average Bonchev–Trinajstić information content (AvgIpc) is 2.18. The molecule has 0 aliphatic heterocycles. The van der Waals surface area contributed by atoms with Gasteiger partial charge in [-0.3, -0.25) is 5.41 Å². The van der Waals surface area contributed by atoms with Gasteiger partial charge >= 0.3 is 0 Å². The van der Waals surface area contributed by atoms with E-state index < -0.39 is 5.41 Å². The molecule has 1 N–H and O–H groups in total. The minimum atomic E-state index is -0.510. The molecule has 82 valence electrons. The highest BCUT2D eigenvalue weighted by molar-refractivity contribution is 5.84. The standard InChI is InChI=1S/C12H16FNO/c1-4-15-11(14)12(2,3)9-5-7-10(13)8-6-9/h5-8,14H,4H2,1-3H3. The van der Waals surface area contributed by atoms with Crippen molar-refractivity contribution in [2.75, 3.05) is 6.61 Å². The molecule has 0 spiro atoms. The second-order valence-corrected chi connectivity index (χ2v) is 3.89. The number of hydrogen-bond donors (Lipinski definition) is 1. The van der Waals surface area contributed by atoms with Gasteiger partial charge in [0, 0.05) is 0 Å². The maximum atomic E-state index is 12.7. The first-order valence-corrected chi connectivity index (χ1v) is 4.96. The van der Waals surface area contributed by atoms with E-state index in [-0.39, 0.29) is 11.7 Å². The summed E-state index contributed by atoms with van der Waals surface area (Å²) in [6.07, 6.45) is 0. The molecular formula is C12H16FNO. The van der Waals surface area contributed by atoms with Crippen molar-refractivity contribution < 1.29 is 9.13 Å². The van der Waals surface area contributed by atoms with Crippen molar-refractivity contribution in [1.29, 1.82) is 5.41 Å². The summed E-state index contributed by atoms with van der Waals surface area (Å²) in [5.41, 5.74) is 0.367. The summed E-state index contributed by atoms with van der Waals surface area (Å²) >= 11 is 0. The third-order valence-corrected chi connectivity index (χ3v) is 2.42. The van der Waals surface area contributed by atoms with E-state index in [0.29, 0.717) is 6.61 Å². The molecule has 0 saturated heterocycles. The molecule has 0 unspecified atom stereocenters. The van der Waals surface area contributed by atoms with Crippen molar-refractivity contribution in [2.24, 2.45) is 0 Å². The molecule has 0 aliphatic carbocycles. The molecule has 0 bridgehead atoms. The number of halogens is 1. The maximum absolute atomic E-state index is 12.7. The zero-order valence-corrected chi connectivity index (χ0v) is 9.30. The van der Waals surface area contributed by atoms with Gasteiger partial charge in [0.05, 0.1) is 12.0 Å². The van der Waals surface area contributed by atoms with Gasteiger partial charge in [0.15, 0.2) is 5.90 Å². The summed E-state index contributed by atoms with van der Waals surface area (Å²) in [5.74, 6) is -0.0610. The van der Waals surface area contributed by atoms with Crippen LogP contribution in [0.15, 0.2) is 24.3 Å². The first kappa shape index (κ1) is 11.7. The van der Waals surface area contributed by atoms with Gasteiger partial charge in [0.1, 0.15) is 5.82 Å². The minimum Gasteiger partial charge on any atom is -0.481 e. The number of benzene rings is 1. The summed E-state index contributed by atoms with van der Waals surface area (Å²) < 4.78 is 17.9. The Morgan fingerprint density at radius 1 is 1.33 bits per heavy atom. The van der Waals surface area contributed by atoms with Crippen LogP contribution in [-0.4, -0.2) is 12.5 Å².